The number of hydrogen-bond donors (Lipinski definition) is 0. The highest BCUT2D eigenvalue weighted by Gasteiger charge is 2.38. The van der Waals surface area contributed by atoms with E-state index in [1.54, 1.807) is 0 Å². The van der Waals surface area contributed by atoms with Gasteiger partial charge in [-0.2, -0.15) is 0 Å². The Bertz CT molecular complexity index is 1120. The molecule has 0 radical (unpaired) electrons. The molecule has 1 saturated carbocycles. The second-order valence-corrected chi connectivity index (χ2v) is 11.4. The average Bonchev–Trinajstić information content (AvgIpc) is 3.67. The standard InChI is InChI=1S/C30H36N2O3/c33-30-29-8-7-27(35-19-28-2-1-11-34-28)16-23(29)9-10-32(30)26-14-22-5-3-20(12-24(22)15-26)17-31-18-21-4-6-25(31)13-21/h3,5,7-8,12,16,21,25-26,28H,1-2,4,6,9-11,13-15,17-19H2. The molecule has 5 nitrogen and oxygen atoms in total. The van der Waals surface area contributed by atoms with Crippen LogP contribution in [0.5, 0.6) is 5.75 Å². The number of likely N-dealkylation sites (tertiary alicyclic amines) is 1. The lowest BCUT2D eigenvalue weighted by Gasteiger charge is -2.33. The third kappa shape index (κ3) is 4.17. The summed E-state index contributed by atoms with van der Waals surface area (Å²) >= 11 is 0. The van der Waals surface area contributed by atoms with E-state index in [0.717, 1.165) is 80.6 Å². The largest absolute Gasteiger partial charge is 0.491 e. The van der Waals surface area contributed by atoms with E-state index in [4.69, 9.17) is 9.47 Å². The minimum Gasteiger partial charge on any atom is -0.491 e. The second kappa shape index (κ2) is 8.94. The molecule has 35 heavy (non-hydrogen) atoms. The van der Waals surface area contributed by atoms with Crippen LogP contribution >= 0.6 is 0 Å². The highest BCUT2D eigenvalue weighted by atomic mass is 16.5. The third-order valence-corrected chi connectivity index (χ3v) is 9.18. The first-order valence-electron chi connectivity index (χ1n) is 13.7. The van der Waals surface area contributed by atoms with E-state index in [9.17, 15) is 4.79 Å². The highest BCUT2D eigenvalue weighted by molar-refractivity contribution is 5.97. The Labute approximate surface area is 208 Å². The number of hydrogen-bond acceptors (Lipinski definition) is 4. The van der Waals surface area contributed by atoms with Gasteiger partial charge in [-0.25, -0.2) is 0 Å². The summed E-state index contributed by atoms with van der Waals surface area (Å²) in [7, 11) is 0. The van der Waals surface area contributed by atoms with E-state index in [0.29, 0.717) is 6.61 Å². The van der Waals surface area contributed by atoms with Crippen molar-refractivity contribution in [3.05, 3.63) is 64.2 Å². The number of piperidine rings is 1. The molecule has 4 atom stereocenters. The number of fused-ring (bicyclic) bond motifs is 4. The van der Waals surface area contributed by atoms with E-state index >= 15 is 0 Å². The number of benzene rings is 2. The van der Waals surface area contributed by atoms with Crippen LogP contribution in [0.25, 0.3) is 0 Å². The first kappa shape index (κ1) is 21.9. The van der Waals surface area contributed by atoms with Gasteiger partial charge in [0.1, 0.15) is 12.4 Å². The Morgan fingerprint density at radius 3 is 2.74 bits per heavy atom. The highest BCUT2D eigenvalue weighted by Crippen LogP contribution is 2.38. The van der Waals surface area contributed by atoms with Gasteiger partial charge in [-0.15, -0.1) is 0 Å². The van der Waals surface area contributed by atoms with Gasteiger partial charge < -0.3 is 14.4 Å². The Hall–Kier alpha value is -2.37. The molecule has 5 aliphatic rings. The van der Waals surface area contributed by atoms with E-state index in [1.165, 1.54) is 42.5 Å². The van der Waals surface area contributed by atoms with Crippen LogP contribution < -0.4 is 4.74 Å². The average molecular weight is 473 g/mol. The molecule has 0 aromatic heterocycles. The van der Waals surface area contributed by atoms with Gasteiger partial charge in [-0.3, -0.25) is 9.69 Å². The molecule has 2 aromatic carbocycles. The first-order valence-corrected chi connectivity index (χ1v) is 13.7. The summed E-state index contributed by atoms with van der Waals surface area (Å²) < 4.78 is 11.6. The monoisotopic (exact) mass is 472 g/mol. The Morgan fingerprint density at radius 1 is 0.971 bits per heavy atom. The van der Waals surface area contributed by atoms with Crippen molar-refractivity contribution in [1.29, 1.82) is 0 Å². The lowest BCUT2D eigenvalue weighted by molar-refractivity contribution is 0.0657. The molecule has 184 valence electrons. The smallest absolute Gasteiger partial charge is 0.254 e. The number of carbonyl (C=O) groups is 1. The summed E-state index contributed by atoms with van der Waals surface area (Å²) in [5.74, 6) is 1.98. The molecule has 2 saturated heterocycles. The van der Waals surface area contributed by atoms with E-state index in [2.05, 4.69) is 34.1 Å². The molecule has 3 fully saturated rings. The van der Waals surface area contributed by atoms with Crippen LogP contribution in [0.15, 0.2) is 36.4 Å². The summed E-state index contributed by atoms with van der Waals surface area (Å²) in [6.07, 6.45) is 9.49. The molecular formula is C30H36N2O3. The lowest BCUT2D eigenvalue weighted by atomic mass is 9.96. The molecule has 5 heteroatoms. The SMILES string of the molecule is O=C1c2ccc(OCC3CCCO3)cc2CCN1C1Cc2ccc(CN3CC4CCC3C4)cc2C1. The summed E-state index contributed by atoms with van der Waals surface area (Å²) in [6.45, 7) is 4.61. The summed E-state index contributed by atoms with van der Waals surface area (Å²) in [5.41, 5.74) is 6.30. The second-order valence-electron chi connectivity index (χ2n) is 11.4. The third-order valence-electron chi connectivity index (χ3n) is 9.18. The Kier molecular flexibility index (Phi) is 5.58. The fourth-order valence-electron chi connectivity index (χ4n) is 7.31. The molecule has 2 bridgehead atoms. The van der Waals surface area contributed by atoms with Crippen molar-refractivity contribution in [1.82, 2.24) is 9.80 Å². The molecule has 1 amide bonds. The van der Waals surface area contributed by atoms with Crippen LogP contribution in [-0.2, 0) is 30.5 Å². The topological polar surface area (TPSA) is 42.0 Å². The zero-order chi connectivity index (χ0) is 23.4. The predicted molar refractivity (Wildman–Crippen MR) is 135 cm³/mol. The molecule has 3 aliphatic heterocycles. The van der Waals surface area contributed by atoms with Crippen molar-refractivity contribution in [2.24, 2.45) is 5.92 Å². The molecule has 4 unspecified atom stereocenters. The van der Waals surface area contributed by atoms with E-state index in [1.807, 2.05) is 12.1 Å². The maximum absolute atomic E-state index is 13.5. The first-order chi connectivity index (χ1) is 17.2. The minimum atomic E-state index is 0.183. The molecular weight excluding hydrogens is 436 g/mol. The Balaban J connectivity index is 1.00. The zero-order valence-electron chi connectivity index (χ0n) is 20.6. The summed E-state index contributed by atoms with van der Waals surface area (Å²) in [4.78, 5) is 18.3. The zero-order valence-corrected chi connectivity index (χ0v) is 20.6. The molecule has 2 aromatic rings. The van der Waals surface area contributed by atoms with Crippen molar-refractivity contribution in [2.45, 2.75) is 76.1 Å². The van der Waals surface area contributed by atoms with Crippen molar-refractivity contribution < 1.29 is 14.3 Å². The van der Waals surface area contributed by atoms with Crippen LogP contribution in [0.3, 0.4) is 0 Å². The van der Waals surface area contributed by atoms with Gasteiger partial charge in [0.25, 0.3) is 5.91 Å². The lowest BCUT2D eigenvalue weighted by Crippen LogP contribution is -2.45. The quantitative estimate of drug-likeness (QED) is 0.625. The van der Waals surface area contributed by atoms with Crippen LogP contribution in [0.1, 0.15) is 64.7 Å². The van der Waals surface area contributed by atoms with Gasteiger partial charge >= 0.3 is 0 Å². The van der Waals surface area contributed by atoms with Crippen molar-refractivity contribution in [3.8, 4) is 5.75 Å². The van der Waals surface area contributed by atoms with E-state index < -0.39 is 0 Å². The van der Waals surface area contributed by atoms with E-state index in [-0.39, 0.29) is 18.1 Å². The maximum Gasteiger partial charge on any atom is 0.254 e. The molecule has 7 rings (SSSR count). The predicted octanol–water partition coefficient (Wildman–Crippen LogP) is 4.39. The van der Waals surface area contributed by atoms with Crippen molar-refractivity contribution >= 4 is 5.91 Å². The summed E-state index contributed by atoms with van der Waals surface area (Å²) in [5, 5.41) is 0. The summed E-state index contributed by atoms with van der Waals surface area (Å²) in [6, 6.07) is 14.2. The number of ether oxygens (including phenoxy) is 2. The maximum atomic E-state index is 13.5. The fraction of sp³-hybridized carbons (Fsp3) is 0.567. The van der Waals surface area contributed by atoms with Gasteiger partial charge in [0.2, 0.25) is 0 Å². The molecule has 0 N–H and O–H groups in total. The molecule has 3 heterocycles. The van der Waals surface area contributed by atoms with Crippen LogP contribution in [0, 0.1) is 5.92 Å². The van der Waals surface area contributed by atoms with Crippen molar-refractivity contribution in [2.75, 3.05) is 26.3 Å². The number of carbonyl (C=O) groups excluding carboxylic acids is 1. The van der Waals surface area contributed by atoms with Crippen LogP contribution in [0.2, 0.25) is 0 Å². The molecule has 2 aliphatic carbocycles. The van der Waals surface area contributed by atoms with Crippen LogP contribution in [-0.4, -0.2) is 60.2 Å². The van der Waals surface area contributed by atoms with Gasteiger partial charge in [0, 0.05) is 43.9 Å². The normalized spacial score (nSPS) is 29.6. The Morgan fingerprint density at radius 2 is 1.91 bits per heavy atom. The van der Waals surface area contributed by atoms with Crippen molar-refractivity contribution in [3.63, 3.8) is 0 Å². The minimum absolute atomic E-state index is 0.183. The number of rotatable bonds is 6. The van der Waals surface area contributed by atoms with Gasteiger partial charge in [-0.05, 0) is 97.7 Å². The van der Waals surface area contributed by atoms with Gasteiger partial charge in [-0.1, -0.05) is 18.2 Å². The number of amides is 1. The van der Waals surface area contributed by atoms with Gasteiger partial charge in [0.05, 0.1) is 6.10 Å². The molecule has 0 spiro atoms. The van der Waals surface area contributed by atoms with Crippen LogP contribution in [0.4, 0.5) is 0 Å². The van der Waals surface area contributed by atoms with Gasteiger partial charge in [0.15, 0.2) is 0 Å². The number of nitrogens with zero attached hydrogens (tertiary/aromatic N) is 2. The fourth-order valence-corrected chi connectivity index (χ4v) is 7.31.